The van der Waals surface area contributed by atoms with Gasteiger partial charge in [-0.15, -0.1) is 0 Å². The van der Waals surface area contributed by atoms with Gasteiger partial charge in [-0.3, -0.25) is 4.79 Å². The minimum absolute atomic E-state index is 0.0176. The van der Waals surface area contributed by atoms with E-state index >= 15 is 0 Å². The van der Waals surface area contributed by atoms with Crippen LogP contribution in [0.4, 0.5) is 5.69 Å². The van der Waals surface area contributed by atoms with Gasteiger partial charge >= 0.3 is 0 Å². The Balaban J connectivity index is 2.42. The van der Waals surface area contributed by atoms with E-state index in [0.717, 1.165) is 25.3 Å². The van der Waals surface area contributed by atoms with E-state index in [2.05, 4.69) is 25.1 Å². The van der Waals surface area contributed by atoms with Crippen molar-refractivity contribution in [2.75, 3.05) is 31.3 Å². The monoisotopic (exact) mass is 269 g/mol. The molecule has 0 spiro atoms. The van der Waals surface area contributed by atoms with Crippen LogP contribution in [0.2, 0.25) is 0 Å². The zero-order valence-corrected chi connectivity index (χ0v) is 12.2. The molecule has 102 valence electrons. The average molecular weight is 269 g/mol. The van der Waals surface area contributed by atoms with E-state index < -0.39 is 0 Å². The van der Waals surface area contributed by atoms with Crippen LogP contribution < -0.4 is 11.3 Å². The number of nitrogens with two attached hydrogens (primary N) is 1. The van der Waals surface area contributed by atoms with E-state index in [1.54, 1.807) is 16.8 Å². The van der Waals surface area contributed by atoms with E-state index in [-0.39, 0.29) is 5.56 Å². The van der Waals surface area contributed by atoms with Gasteiger partial charge in [0.1, 0.15) is 0 Å². The standard InChI is InChI=1S/C13H23N3OS/c1-11(10-18-3)15(2)7-4-8-16-9-12(14)5-6-13(16)17/h5-6,9,11H,4,7-8,10,14H2,1-3H3. The van der Waals surface area contributed by atoms with Gasteiger partial charge < -0.3 is 15.2 Å². The molecule has 18 heavy (non-hydrogen) atoms. The molecule has 1 aromatic heterocycles. The van der Waals surface area contributed by atoms with Crippen molar-refractivity contribution in [1.82, 2.24) is 9.47 Å². The minimum Gasteiger partial charge on any atom is -0.398 e. The summed E-state index contributed by atoms with van der Waals surface area (Å²) in [5.74, 6) is 1.13. The average Bonchev–Trinajstić information content (AvgIpc) is 2.33. The van der Waals surface area contributed by atoms with Gasteiger partial charge in [0.25, 0.3) is 5.56 Å². The number of nitrogens with zero attached hydrogens (tertiary/aromatic N) is 2. The Hall–Kier alpha value is -0.940. The topological polar surface area (TPSA) is 51.3 Å². The van der Waals surface area contributed by atoms with Crippen molar-refractivity contribution in [3.8, 4) is 0 Å². The van der Waals surface area contributed by atoms with Crippen LogP contribution in [0.25, 0.3) is 0 Å². The third-order valence-corrected chi connectivity index (χ3v) is 3.89. The summed E-state index contributed by atoms with van der Waals surface area (Å²) in [6, 6.07) is 3.73. The lowest BCUT2D eigenvalue weighted by atomic mass is 10.3. The fraction of sp³-hybridized carbons (Fsp3) is 0.615. The van der Waals surface area contributed by atoms with Gasteiger partial charge in [-0.1, -0.05) is 0 Å². The first-order valence-electron chi connectivity index (χ1n) is 6.19. The summed E-state index contributed by atoms with van der Waals surface area (Å²) < 4.78 is 1.68. The maximum absolute atomic E-state index is 11.6. The van der Waals surface area contributed by atoms with E-state index in [1.807, 2.05) is 11.8 Å². The van der Waals surface area contributed by atoms with E-state index in [1.165, 1.54) is 6.07 Å². The Kier molecular flexibility index (Phi) is 6.29. The molecule has 1 aromatic rings. The summed E-state index contributed by atoms with van der Waals surface area (Å²) in [6.45, 7) is 3.94. The fourth-order valence-electron chi connectivity index (χ4n) is 1.80. The number of aryl methyl sites for hydroxylation is 1. The highest BCUT2D eigenvalue weighted by Gasteiger charge is 2.07. The molecule has 0 aromatic carbocycles. The molecule has 0 amide bonds. The first-order valence-corrected chi connectivity index (χ1v) is 7.59. The van der Waals surface area contributed by atoms with Crippen molar-refractivity contribution in [1.29, 1.82) is 0 Å². The van der Waals surface area contributed by atoms with Gasteiger partial charge in [0.05, 0.1) is 0 Å². The second-order valence-electron chi connectivity index (χ2n) is 4.63. The predicted octanol–water partition coefficient (Wildman–Crippen LogP) is 1.50. The summed E-state index contributed by atoms with van der Waals surface area (Å²) in [4.78, 5) is 13.9. The van der Waals surface area contributed by atoms with E-state index in [4.69, 9.17) is 5.73 Å². The van der Waals surface area contributed by atoms with Crippen LogP contribution in [0.3, 0.4) is 0 Å². The van der Waals surface area contributed by atoms with Crippen molar-refractivity contribution < 1.29 is 0 Å². The second-order valence-corrected chi connectivity index (χ2v) is 5.54. The number of aromatic nitrogens is 1. The first kappa shape index (κ1) is 15.1. The molecule has 1 heterocycles. The van der Waals surface area contributed by atoms with Crippen molar-refractivity contribution in [2.45, 2.75) is 25.9 Å². The Labute approximate surface area is 113 Å². The first-order chi connectivity index (χ1) is 8.54. The summed E-state index contributed by atoms with van der Waals surface area (Å²) >= 11 is 1.86. The van der Waals surface area contributed by atoms with E-state index in [0.29, 0.717) is 11.7 Å². The zero-order chi connectivity index (χ0) is 13.5. The summed E-state index contributed by atoms with van der Waals surface area (Å²) in [6.07, 6.45) is 4.79. The molecule has 0 fully saturated rings. The lowest BCUT2D eigenvalue weighted by Gasteiger charge is -2.24. The highest BCUT2D eigenvalue weighted by atomic mass is 32.2. The number of rotatable bonds is 7. The quantitative estimate of drug-likeness (QED) is 0.815. The van der Waals surface area contributed by atoms with Crippen LogP contribution >= 0.6 is 11.8 Å². The normalized spacial score (nSPS) is 12.9. The molecule has 1 rings (SSSR count). The molecule has 0 aliphatic rings. The van der Waals surface area contributed by atoms with Crippen LogP contribution in [0.1, 0.15) is 13.3 Å². The molecule has 0 saturated heterocycles. The number of hydrogen-bond donors (Lipinski definition) is 1. The molecule has 1 atom stereocenters. The second kappa shape index (κ2) is 7.48. The van der Waals surface area contributed by atoms with Gasteiger partial charge in [0, 0.05) is 36.3 Å². The lowest BCUT2D eigenvalue weighted by molar-refractivity contribution is 0.268. The predicted molar refractivity (Wildman–Crippen MR) is 80.2 cm³/mol. The molecule has 4 nitrogen and oxygen atoms in total. The van der Waals surface area contributed by atoms with Gasteiger partial charge in [0.2, 0.25) is 0 Å². The van der Waals surface area contributed by atoms with Crippen LogP contribution in [0.15, 0.2) is 23.1 Å². The highest BCUT2D eigenvalue weighted by molar-refractivity contribution is 7.98. The van der Waals surface area contributed by atoms with Gasteiger partial charge in [0.15, 0.2) is 0 Å². The molecule has 0 aliphatic heterocycles. The third kappa shape index (κ3) is 4.74. The maximum atomic E-state index is 11.6. The molecular weight excluding hydrogens is 246 g/mol. The Morgan fingerprint density at radius 1 is 1.50 bits per heavy atom. The fourth-order valence-corrected chi connectivity index (χ4v) is 2.54. The molecule has 5 heteroatoms. The summed E-state index contributed by atoms with van der Waals surface area (Å²) in [5.41, 5.74) is 6.33. The lowest BCUT2D eigenvalue weighted by Crippen LogP contribution is -2.32. The van der Waals surface area contributed by atoms with Crippen LogP contribution in [0, 0.1) is 0 Å². The highest BCUT2D eigenvalue weighted by Crippen LogP contribution is 2.05. The Morgan fingerprint density at radius 2 is 2.22 bits per heavy atom. The van der Waals surface area contributed by atoms with Gasteiger partial charge in [-0.25, -0.2) is 0 Å². The summed E-state index contributed by atoms with van der Waals surface area (Å²) in [7, 11) is 2.13. The van der Waals surface area contributed by atoms with Gasteiger partial charge in [-0.2, -0.15) is 11.8 Å². The molecule has 0 saturated carbocycles. The summed E-state index contributed by atoms with van der Waals surface area (Å²) in [5, 5.41) is 0. The van der Waals surface area contributed by atoms with Crippen molar-refractivity contribution in [2.24, 2.45) is 0 Å². The van der Waals surface area contributed by atoms with Gasteiger partial charge in [-0.05, 0) is 39.3 Å². The molecule has 1 unspecified atom stereocenters. The third-order valence-electron chi connectivity index (χ3n) is 3.08. The number of anilines is 1. The molecule has 0 aliphatic carbocycles. The molecule has 0 radical (unpaired) electrons. The molecular formula is C13H23N3OS. The largest absolute Gasteiger partial charge is 0.398 e. The van der Waals surface area contributed by atoms with Crippen LogP contribution in [0.5, 0.6) is 0 Å². The Morgan fingerprint density at radius 3 is 2.89 bits per heavy atom. The van der Waals surface area contributed by atoms with Crippen molar-refractivity contribution >= 4 is 17.4 Å². The number of hydrogen-bond acceptors (Lipinski definition) is 4. The number of thioether (sulfide) groups is 1. The Bertz CT molecular complexity index is 419. The number of pyridine rings is 1. The molecule has 2 N–H and O–H groups in total. The van der Waals surface area contributed by atoms with Crippen molar-refractivity contribution in [3.63, 3.8) is 0 Å². The smallest absolute Gasteiger partial charge is 0.250 e. The zero-order valence-electron chi connectivity index (χ0n) is 11.4. The van der Waals surface area contributed by atoms with Crippen LogP contribution in [-0.4, -0.2) is 41.1 Å². The minimum atomic E-state index is 0.0176. The van der Waals surface area contributed by atoms with Crippen LogP contribution in [-0.2, 0) is 6.54 Å². The number of nitrogen functional groups attached to an aromatic ring is 1. The SMILES string of the molecule is CSCC(C)N(C)CCCn1cc(N)ccc1=O. The van der Waals surface area contributed by atoms with E-state index in [9.17, 15) is 4.79 Å². The maximum Gasteiger partial charge on any atom is 0.250 e. The van der Waals surface area contributed by atoms with Crippen molar-refractivity contribution in [3.05, 3.63) is 28.7 Å². The molecule has 0 bridgehead atoms.